The number of rotatable bonds is 6. The summed E-state index contributed by atoms with van der Waals surface area (Å²) in [5, 5.41) is 21.6. The van der Waals surface area contributed by atoms with Crippen LogP contribution in [0.15, 0.2) is 56.4 Å². The van der Waals surface area contributed by atoms with Crippen molar-refractivity contribution in [3.05, 3.63) is 63.0 Å². The minimum atomic E-state index is -4.91. The fraction of sp³-hybridized carbons (Fsp3) is 0.0909. The van der Waals surface area contributed by atoms with E-state index in [0.29, 0.717) is 5.69 Å². The molecule has 0 unspecified atom stereocenters. The van der Waals surface area contributed by atoms with Crippen LogP contribution in [0.2, 0.25) is 15.5 Å². The van der Waals surface area contributed by atoms with Gasteiger partial charge < -0.3 is 10.4 Å². The van der Waals surface area contributed by atoms with E-state index in [9.17, 15) is 31.0 Å². The molecular formula is C22H16Cl3N5Na2O7S2. The molecule has 4 rings (SSSR count). The van der Waals surface area contributed by atoms with Crippen molar-refractivity contribution in [2.24, 2.45) is 10.2 Å². The van der Waals surface area contributed by atoms with Crippen LogP contribution < -0.4 is 5.32 Å². The summed E-state index contributed by atoms with van der Waals surface area (Å²) in [4.78, 5) is 6.59. The molecule has 4 N–H and O–H groups in total. The second kappa shape index (κ2) is 13.7. The Labute approximate surface area is 293 Å². The maximum absolute atomic E-state index is 12.2. The van der Waals surface area contributed by atoms with Gasteiger partial charge in [-0.05, 0) is 78.4 Å². The van der Waals surface area contributed by atoms with Crippen molar-refractivity contribution in [1.29, 1.82) is 0 Å². The number of aromatic hydroxyl groups is 1. The predicted molar refractivity (Wildman–Crippen MR) is 157 cm³/mol. The standard InChI is InChI=1S/C22H16Cl3N5O7S2.2Na/c1-9-6-15(38(32,33)34)10(2)5-14(9)29-30-18-16(39(35,36)37)8-11-7-12(3-4-13(11)19(18)31)26-21-17(23)20(24)27-22(25)28-21;;/h3-8,31H,1-2H3,(H,26,27,28)(H,32,33,34)(H,35,36,37);;. The van der Waals surface area contributed by atoms with E-state index in [1.54, 1.807) is 0 Å². The predicted octanol–water partition coefficient (Wildman–Crippen LogP) is 5.80. The summed E-state index contributed by atoms with van der Waals surface area (Å²) in [6, 6.07) is 7.94. The molecule has 0 aliphatic carbocycles. The zero-order valence-corrected chi connectivity index (χ0v) is 29.6. The number of fused-ring (bicyclic) bond motifs is 1. The third-order valence-electron chi connectivity index (χ3n) is 5.40. The van der Waals surface area contributed by atoms with E-state index in [-0.39, 0.29) is 113 Å². The van der Waals surface area contributed by atoms with Crippen LogP contribution in [-0.2, 0) is 20.2 Å². The first-order valence-corrected chi connectivity index (χ1v) is 14.5. The van der Waals surface area contributed by atoms with Gasteiger partial charge in [-0.3, -0.25) is 9.11 Å². The molecule has 206 valence electrons. The van der Waals surface area contributed by atoms with Crippen molar-refractivity contribution < 1.29 is 31.0 Å². The SMILES string of the molecule is Cc1cc(S(=O)(=O)O)c(C)cc1N=Nc1c(S(=O)(=O)O)cc2cc(Nc3nc(Cl)nc(Cl)c3Cl)ccc2c1O.[Na].[Na]. The largest absolute Gasteiger partial charge is 0.505 e. The van der Waals surface area contributed by atoms with E-state index >= 15 is 0 Å². The van der Waals surface area contributed by atoms with Crippen molar-refractivity contribution in [2.75, 3.05) is 5.32 Å². The van der Waals surface area contributed by atoms with Crippen LogP contribution in [0.4, 0.5) is 22.9 Å². The summed E-state index contributed by atoms with van der Waals surface area (Å²) in [6.45, 7) is 2.91. The molecule has 0 atom stereocenters. The third-order valence-corrected chi connectivity index (χ3v) is 8.16. The Kier molecular flexibility index (Phi) is 12.0. The second-order valence-electron chi connectivity index (χ2n) is 8.13. The van der Waals surface area contributed by atoms with E-state index in [4.69, 9.17) is 34.8 Å². The minimum absolute atomic E-state index is 0. The second-order valence-corrected chi connectivity index (χ2v) is 12.0. The van der Waals surface area contributed by atoms with E-state index in [2.05, 4.69) is 25.5 Å². The van der Waals surface area contributed by atoms with Crippen LogP contribution in [0.3, 0.4) is 0 Å². The summed E-state index contributed by atoms with van der Waals surface area (Å²) in [6.07, 6.45) is 0. The first kappa shape index (κ1) is 36.1. The quantitative estimate of drug-likeness (QED) is 0.0637. The maximum atomic E-state index is 12.2. The number of hydrogen-bond donors (Lipinski definition) is 4. The molecular weight excluding hydrogens is 663 g/mol. The molecule has 0 fully saturated rings. The Morgan fingerprint density at radius 3 is 2.07 bits per heavy atom. The molecule has 3 aromatic carbocycles. The number of phenols is 1. The molecule has 4 aromatic rings. The van der Waals surface area contributed by atoms with Gasteiger partial charge >= 0.3 is 0 Å². The topological polar surface area (TPSA) is 191 Å². The third kappa shape index (κ3) is 8.09. The van der Waals surface area contributed by atoms with Crippen molar-refractivity contribution in [1.82, 2.24) is 9.97 Å². The van der Waals surface area contributed by atoms with Gasteiger partial charge in [0.15, 0.2) is 16.7 Å². The number of anilines is 2. The Hall–Kier alpha value is -1.11. The van der Waals surface area contributed by atoms with Gasteiger partial charge in [-0.2, -0.15) is 26.9 Å². The van der Waals surface area contributed by atoms with Gasteiger partial charge in [-0.1, -0.05) is 23.2 Å². The number of aromatic nitrogens is 2. The zero-order valence-electron chi connectivity index (χ0n) is 21.7. The van der Waals surface area contributed by atoms with E-state index in [1.165, 1.54) is 44.2 Å². The van der Waals surface area contributed by atoms with Crippen molar-refractivity contribution >= 4 is 148 Å². The average Bonchev–Trinajstić information content (AvgIpc) is 2.81. The molecule has 0 bridgehead atoms. The number of azo groups is 1. The maximum Gasteiger partial charge on any atom is 0.296 e. The van der Waals surface area contributed by atoms with E-state index in [1.807, 2.05) is 0 Å². The number of phenolic OH excluding ortho intramolecular Hbond substituents is 1. The smallest absolute Gasteiger partial charge is 0.296 e. The number of nitrogens with zero attached hydrogens (tertiary/aromatic N) is 4. The fourth-order valence-electron chi connectivity index (χ4n) is 3.60. The van der Waals surface area contributed by atoms with E-state index < -0.39 is 36.6 Å². The molecule has 1 heterocycles. The molecule has 12 nitrogen and oxygen atoms in total. The summed E-state index contributed by atoms with van der Waals surface area (Å²) < 4.78 is 66.7. The van der Waals surface area contributed by atoms with Crippen LogP contribution in [0.5, 0.6) is 5.75 Å². The van der Waals surface area contributed by atoms with Crippen LogP contribution in [-0.4, -0.2) is 100 Å². The molecule has 2 radical (unpaired) electrons. The summed E-state index contributed by atoms with van der Waals surface area (Å²) in [7, 11) is -9.39. The number of aryl methyl sites for hydroxylation is 2. The van der Waals surface area contributed by atoms with Crippen LogP contribution in [0.1, 0.15) is 11.1 Å². The van der Waals surface area contributed by atoms with Gasteiger partial charge in [0.05, 0.1) is 10.6 Å². The van der Waals surface area contributed by atoms with Crippen molar-refractivity contribution in [2.45, 2.75) is 23.6 Å². The first-order valence-electron chi connectivity index (χ1n) is 10.5. The fourth-order valence-corrected chi connectivity index (χ4v) is 5.56. The van der Waals surface area contributed by atoms with Crippen LogP contribution in [0.25, 0.3) is 10.8 Å². The van der Waals surface area contributed by atoms with E-state index in [0.717, 1.165) is 6.07 Å². The Bertz CT molecular complexity index is 1930. The Morgan fingerprint density at radius 1 is 0.829 bits per heavy atom. The molecule has 19 heteroatoms. The zero-order chi connectivity index (χ0) is 28.9. The average molecular weight is 679 g/mol. The van der Waals surface area contributed by atoms with Gasteiger partial charge in [0.25, 0.3) is 20.2 Å². The van der Waals surface area contributed by atoms with Crippen LogP contribution >= 0.6 is 34.8 Å². The molecule has 0 saturated carbocycles. The van der Waals surface area contributed by atoms with Crippen molar-refractivity contribution in [3.63, 3.8) is 0 Å². The molecule has 41 heavy (non-hydrogen) atoms. The molecule has 0 aliphatic heterocycles. The van der Waals surface area contributed by atoms with Gasteiger partial charge in [0.2, 0.25) is 5.28 Å². The molecule has 0 amide bonds. The summed E-state index contributed by atoms with van der Waals surface area (Å²) in [5.74, 6) is -0.540. The van der Waals surface area contributed by atoms with Gasteiger partial charge in [0.1, 0.15) is 15.6 Å². The number of halogens is 3. The number of benzene rings is 3. The molecule has 0 saturated heterocycles. The summed E-state index contributed by atoms with van der Waals surface area (Å²) in [5.41, 5.74) is 0.347. The molecule has 0 spiro atoms. The van der Waals surface area contributed by atoms with Gasteiger partial charge in [0, 0.05) is 70.2 Å². The number of hydrogen-bond acceptors (Lipinski definition) is 10. The Balaban J connectivity index is 0.00000294. The molecule has 0 aliphatic rings. The summed E-state index contributed by atoms with van der Waals surface area (Å²) >= 11 is 17.8. The van der Waals surface area contributed by atoms with Crippen LogP contribution in [0, 0.1) is 13.8 Å². The monoisotopic (exact) mass is 677 g/mol. The molecule has 1 aromatic heterocycles. The minimum Gasteiger partial charge on any atom is -0.505 e. The number of nitrogens with one attached hydrogen (secondary N) is 1. The van der Waals surface area contributed by atoms with Gasteiger partial charge in [-0.15, -0.1) is 5.11 Å². The normalized spacial score (nSPS) is 11.8. The first-order chi connectivity index (χ1) is 18.1. The van der Waals surface area contributed by atoms with Gasteiger partial charge in [-0.25, -0.2) is 4.98 Å². The van der Waals surface area contributed by atoms with Crippen molar-refractivity contribution in [3.8, 4) is 5.75 Å². The Morgan fingerprint density at radius 2 is 1.46 bits per heavy atom.